The van der Waals surface area contributed by atoms with E-state index in [-0.39, 0.29) is 5.84 Å². The molecule has 2 aromatic rings. The maximum Gasteiger partial charge on any atom is 0.149 e. The number of rotatable bonds is 4. The van der Waals surface area contributed by atoms with Crippen molar-refractivity contribution in [1.29, 1.82) is 5.41 Å². The number of hydrogen-bond acceptors (Lipinski definition) is 3. The molecule has 0 unspecified atom stereocenters. The number of benzene rings is 1. The lowest BCUT2D eigenvalue weighted by Crippen LogP contribution is -2.15. The van der Waals surface area contributed by atoms with E-state index in [0.29, 0.717) is 18.1 Å². The van der Waals surface area contributed by atoms with Crippen molar-refractivity contribution in [2.75, 3.05) is 0 Å². The van der Waals surface area contributed by atoms with Gasteiger partial charge in [-0.25, -0.2) is 4.98 Å². The van der Waals surface area contributed by atoms with Crippen molar-refractivity contribution in [3.05, 3.63) is 58.3 Å². The van der Waals surface area contributed by atoms with E-state index in [1.807, 2.05) is 24.3 Å². The van der Waals surface area contributed by atoms with Crippen LogP contribution in [0.15, 0.2) is 47.1 Å². The lowest BCUT2D eigenvalue weighted by molar-refractivity contribution is 0.303. The summed E-state index contributed by atoms with van der Waals surface area (Å²) in [7, 11) is 0. The third-order valence-corrected chi connectivity index (χ3v) is 3.14. The van der Waals surface area contributed by atoms with Crippen molar-refractivity contribution >= 4 is 21.8 Å². The highest BCUT2D eigenvalue weighted by molar-refractivity contribution is 9.10. The van der Waals surface area contributed by atoms with Gasteiger partial charge >= 0.3 is 0 Å². The Kier molecular flexibility index (Phi) is 3.94. The highest BCUT2D eigenvalue weighted by Crippen LogP contribution is 2.20. The summed E-state index contributed by atoms with van der Waals surface area (Å²) in [5, 5.41) is 7.43. The Morgan fingerprint density at radius 1 is 1.28 bits per heavy atom. The van der Waals surface area contributed by atoms with Crippen LogP contribution in [0.1, 0.15) is 11.3 Å². The van der Waals surface area contributed by atoms with Crippen LogP contribution in [-0.4, -0.2) is 10.8 Å². The number of amidine groups is 1. The lowest BCUT2D eigenvalue weighted by atomic mass is 10.2. The van der Waals surface area contributed by atoms with Gasteiger partial charge in [-0.05, 0) is 18.2 Å². The average Bonchev–Trinajstić information content (AvgIpc) is 2.38. The van der Waals surface area contributed by atoms with E-state index in [2.05, 4.69) is 20.9 Å². The van der Waals surface area contributed by atoms with Gasteiger partial charge in [-0.1, -0.05) is 34.1 Å². The molecule has 0 atom stereocenters. The third kappa shape index (κ3) is 2.87. The molecule has 0 saturated carbocycles. The minimum Gasteiger partial charge on any atom is -0.486 e. The quantitative estimate of drug-likeness (QED) is 0.674. The molecule has 1 heterocycles. The molecule has 5 heteroatoms. The summed E-state index contributed by atoms with van der Waals surface area (Å²) in [5.74, 6) is 0.415. The third-order valence-electron chi connectivity index (χ3n) is 2.37. The van der Waals surface area contributed by atoms with Crippen LogP contribution in [-0.2, 0) is 6.61 Å². The van der Waals surface area contributed by atoms with Crippen molar-refractivity contribution in [3.8, 4) is 5.75 Å². The van der Waals surface area contributed by atoms with Crippen LogP contribution in [0.4, 0.5) is 0 Å². The maximum atomic E-state index is 7.43. The van der Waals surface area contributed by atoms with Gasteiger partial charge < -0.3 is 10.5 Å². The topological polar surface area (TPSA) is 72.0 Å². The SMILES string of the molecule is N=C(N)c1ncccc1OCc1ccccc1Br. The summed E-state index contributed by atoms with van der Waals surface area (Å²) >= 11 is 3.45. The molecule has 18 heavy (non-hydrogen) atoms. The fourth-order valence-electron chi connectivity index (χ4n) is 1.48. The average molecular weight is 306 g/mol. The van der Waals surface area contributed by atoms with E-state index < -0.39 is 0 Å². The van der Waals surface area contributed by atoms with Crippen LogP contribution in [0.2, 0.25) is 0 Å². The van der Waals surface area contributed by atoms with Gasteiger partial charge in [-0.3, -0.25) is 5.41 Å². The first-order valence-corrected chi connectivity index (χ1v) is 6.13. The van der Waals surface area contributed by atoms with Crippen LogP contribution in [0.5, 0.6) is 5.75 Å². The van der Waals surface area contributed by atoms with E-state index in [9.17, 15) is 0 Å². The van der Waals surface area contributed by atoms with Gasteiger partial charge in [0.2, 0.25) is 0 Å². The molecule has 92 valence electrons. The summed E-state index contributed by atoms with van der Waals surface area (Å²) in [4.78, 5) is 4.03. The minimum atomic E-state index is -0.0993. The van der Waals surface area contributed by atoms with Crippen LogP contribution in [0.25, 0.3) is 0 Å². The minimum absolute atomic E-state index is 0.0993. The Balaban J connectivity index is 2.16. The fourth-order valence-corrected chi connectivity index (χ4v) is 1.88. The molecule has 2 rings (SSSR count). The van der Waals surface area contributed by atoms with Gasteiger partial charge in [-0.15, -0.1) is 0 Å². The number of pyridine rings is 1. The van der Waals surface area contributed by atoms with Crippen LogP contribution in [0, 0.1) is 5.41 Å². The van der Waals surface area contributed by atoms with Gasteiger partial charge in [0.05, 0.1) is 0 Å². The normalized spacial score (nSPS) is 10.1. The monoisotopic (exact) mass is 305 g/mol. The van der Waals surface area contributed by atoms with E-state index in [0.717, 1.165) is 10.0 Å². The first-order valence-electron chi connectivity index (χ1n) is 5.34. The van der Waals surface area contributed by atoms with Crippen LogP contribution < -0.4 is 10.5 Å². The number of nitrogens with two attached hydrogens (primary N) is 1. The molecule has 0 fully saturated rings. The predicted octanol–water partition coefficient (Wildman–Crippen LogP) is 2.71. The molecule has 0 aliphatic rings. The highest BCUT2D eigenvalue weighted by atomic mass is 79.9. The van der Waals surface area contributed by atoms with Gasteiger partial charge in [0.1, 0.15) is 23.9 Å². The second-order valence-electron chi connectivity index (χ2n) is 3.64. The molecule has 0 saturated heterocycles. The molecule has 0 radical (unpaired) electrons. The first kappa shape index (κ1) is 12.6. The van der Waals surface area contributed by atoms with Crippen molar-refractivity contribution in [1.82, 2.24) is 4.98 Å². The molecule has 0 aliphatic carbocycles. The summed E-state index contributed by atoms with van der Waals surface area (Å²) < 4.78 is 6.64. The van der Waals surface area contributed by atoms with Crippen LogP contribution in [0.3, 0.4) is 0 Å². The van der Waals surface area contributed by atoms with E-state index in [1.165, 1.54) is 0 Å². The zero-order chi connectivity index (χ0) is 13.0. The van der Waals surface area contributed by atoms with E-state index in [1.54, 1.807) is 18.3 Å². The maximum absolute atomic E-state index is 7.43. The summed E-state index contributed by atoms with van der Waals surface area (Å²) in [6.45, 7) is 0.396. The van der Waals surface area contributed by atoms with Crippen molar-refractivity contribution in [3.63, 3.8) is 0 Å². The summed E-state index contributed by atoms with van der Waals surface area (Å²) in [6.07, 6.45) is 1.59. The highest BCUT2D eigenvalue weighted by Gasteiger charge is 2.08. The number of hydrogen-bond donors (Lipinski definition) is 2. The Labute approximate surface area is 113 Å². The molecular formula is C13H12BrN3O. The zero-order valence-corrected chi connectivity index (χ0v) is 11.1. The number of nitrogens with zero attached hydrogens (tertiary/aromatic N) is 1. The summed E-state index contributed by atoms with van der Waals surface area (Å²) in [6, 6.07) is 11.3. The van der Waals surface area contributed by atoms with Gasteiger partial charge in [-0.2, -0.15) is 0 Å². The molecule has 4 nitrogen and oxygen atoms in total. The Morgan fingerprint density at radius 2 is 2.06 bits per heavy atom. The Hall–Kier alpha value is -1.88. The number of nitrogens with one attached hydrogen (secondary N) is 1. The Morgan fingerprint density at radius 3 is 2.78 bits per heavy atom. The second kappa shape index (κ2) is 5.64. The molecule has 0 amide bonds. The number of halogens is 1. The molecule has 0 aliphatic heterocycles. The lowest BCUT2D eigenvalue weighted by Gasteiger charge is -2.10. The van der Waals surface area contributed by atoms with Crippen LogP contribution >= 0.6 is 15.9 Å². The smallest absolute Gasteiger partial charge is 0.149 e. The number of aromatic nitrogens is 1. The molecule has 0 bridgehead atoms. The predicted molar refractivity (Wildman–Crippen MR) is 73.7 cm³/mol. The fraction of sp³-hybridized carbons (Fsp3) is 0.0769. The standard InChI is InChI=1S/C13H12BrN3O/c14-10-5-2-1-4-9(10)8-18-11-6-3-7-17-12(11)13(15)16/h1-7H,8H2,(H3,15,16). The van der Waals surface area contributed by atoms with E-state index >= 15 is 0 Å². The first-order chi connectivity index (χ1) is 8.68. The van der Waals surface area contributed by atoms with Crippen molar-refractivity contribution in [2.45, 2.75) is 6.61 Å². The van der Waals surface area contributed by atoms with Gasteiger partial charge in [0.25, 0.3) is 0 Å². The molecule has 1 aromatic carbocycles. The largest absolute Gasteiger partial charge is 0.486 e. The molecule has 3 N–H and O–H groups in total. The van der Waals surface area contributed by atoms with Gasteiger partial charge in [0.15, 0.2) is 0 Å². The molecule has 1 aromatic heterocycles. The Bertz CT molecular complexity index is 572. The van der Waals surface area contributed by atoms with Gasteiger partial charge in [0, 0.05) is 16.2 Å². The molecular weight excluding hydrogens is 294 g/mol. The van der Waals surface area contributed by atoms with E-state index in [4.69, 9.17) is 15.9 Å². The number of nitrogen functional groups attached to an aromatic ring is 1. The van der Waals surface area contributed by atoms with Crippen molar-refractivity contribution < 1.29 is 4.74 Å². The second-order valence-corrected chi connectivity index (χ2v) is 4.50. The van der Waals surface area contributed by atoms with Crippen molar-refractivity contribution in [2.24, 2.45) is 5.73 Å². The molecule has 0 spiro atoms. The summed E-state index contributed by atoms with van der Waals surface area (Å²) in [5.41, 5.74) is 6.83. The number of ether oxygens (including phenoxy) is 1. The zero-order valence-electron chi connectivity index (χ0n) is 9.56.